The van der Waals surface area contributed by atoms with Crippen LogP contribution in [0.2, 0.25) is 0 Å². The van der Waals surface area contributed by atoms with Gasteiger partial charge in [-0.25, -0.2) is 5.43 Å². The molecule has 0 spiro atoms. The third-order valence-corrected chi connectivity index (χ3v) is 4.71. The number of benzene rings is 2. The van der Waals surface area contributed by atoms with Crippen LogP contribution in [0.1, 0.15) is 30.0 Å². The second-order valence-corrected chi connectivity index (χ2v) is 6.64. The molecule has 0 bridgehead atoms. The van der Waals surface area contributed by atoms with Crippen LogP contribution in [0.15, 0.2) is 47.6 Å². The topological polar surface area (TPSA) is 87.8 Å². The van der Waals surface area contributed by atoms with E-state index in [1.54, 1.807) is 26.0 Å². The first-order chi connectivity index (χ1) is 13.0. The number of nitro benzene ring substituents is 1. The molecule has 2 aromatic carbocycles. The molecular formula is C20H22N4O3. The molecule has 0 aliphatic carbocycles. The van der Waals surface area contributed by atoms with Crippen molar-refractivity contribution in [1.29, 1.82) is 0 Å². The summed E-state index contributed by atoms with van der Waals surface area (Å²) in [6.07, 6.45) is 2.04. The lowest BCUT2D eigenvalue weighted by Crippen LogP contribution is -2.38. The molecule has 1 N–H and O–H groups in total. The van der Waals surface area contributed by atoms with Crippen LogP contribution in [0, 0.1) is 17.0 Å². The molecule has 0 fully saturated rings. The standard InChI is InChI=1S/C20H22N4O3/c1-14-9-10-17(12-19(14)24(26)27)15(2)21-22-20(25)13-23-11-5-7-16-6-3-4-8-18(16)23/h3-4,6,8-10,12H,5,7,11,13H2,1-2H3,(H,22,25). The number of hydrogen-bond donors (Lipinski definition) is 1. The van der Waals surface area contributed by atoms with E-state index in [-0.39, 0.29) is 18.1 Å². The number of aryl methyl sites for hydroxylation is 2. The van der Waals surface area contributed by atoms with E-state index >= 15 is 0 Å². The summed E-state index contributed by atoms with van der Waals surface area (Å²) in [4.78, 5) is 25.0. The van der Waals surface area contributed by atoms with Gasteiger partial charge in [-0.2, -0.15) is 5.10 Å². The number of nitro groups is 1. The molecule has 0 saturated heterocycles. The van der Waals surface area contributed by atoms with Crippen LogP contribution in [0.5, 0.6) is 0 Å². The summed E-state index contributed by atoms with van der Waals surface area (Å²) >= 11 is 0. The molecule has 2 aromatic rings. The number of fused-ring (bicyclic) bond motifs is 1. The van der Waals surface area contributed by atoms with E-state index in [1.165, 1.54) is 11.6 Å². The smallest absolute Gasteiger partial charge is 0.272 e. The average molecular weight is 366 g/mol. The first-order valence-corrected chi connectivity index (χ1v) is 8.87. The van der Waals surface area contributed by atoms with Crippen LogP contribution in [-0.4, -0.2) is 29.6 Å². The van der Waals surface area contributed by atoms with Crippen LogP contribution in [0.3, 0.4) is 0 Å². The first kappa shape index (κ1) is 18.6. The van der Waals surface area contributed by atoms with Gasteiger partial charge >= 0.3 is 0 Å². The summed E-state index contributed by atoms with van der Waals surface area (Å²) in [6, 6.07) is 13.0. The fourth-order valence-corrected chi connectivity index (χ4v) is 3.23. The van der Waals surface area contributed by atoms with Gasteiger partial charge in [0.05, 0.1) is 17.2 Å². The van der Waals surface area contributed by atoms with Crippen LogP contribution < -0.4 is 10.3 Å². The van der Waals surface area contributed by atoms with Gasteiger partial charge in [-0.1, -0.05) is 30.3 Å². The van der Waals surface area contributed by atoms with E-state index in [2.05, 4.69) is 21.5 Å². The largest absolute Gasteiger partial charge is 0.362 e. The number of amides is 1. The zero-order valence-corrected chi connectivity index (χ0v) is 15.4. The summed E-state index contributed by atoms with van der Waals surface area (Å²) in [5, 5.41) is 15.2. The van der Waals surface area contributed by atoms with E-state index in [9.17, 15) is 14.9 Å². The van der Waals surface area contributed by atoms with Gasteiger partial charge in [0.1, 0.15) is 0 Å². The van der Waals surface area contributed by atoms with Crippen molar-refractivity contribution in [3.05, 3.63) is 69.3 Å². The summed E-state index contributed by atoms with van der Waals surface area (Å²) in [5.41, 5.74) is 6.66. The van der Waals surface area contributed by atoms with Gasteiger partial charge in [-0.15, -0.1) is 0 Å². The normalized spacial score (nSPS) is 13.9. The van der Waals surface area contributed by atoms with Gasteiger partial charge < -0.3 is 4.90 Å². The van der Waals surface area contributed by atoms with Crippen molar-refractivity contribution in [3.8, 4) is 0 Å². The zero-order chi connectivity index (χ0) is 19.4. The highest BCUT2D eigenvalue weighted by Crippen LogP contribution is 2.26. The number of rotatable bonds is 5. The molecule has 0 saturated carbocycles. The summed E-state index contributed by atoms with van der Waals surface area (Å²) < 4.78 is 0. The fraction of sp³-hybridized carbons (Fsp3) is 0.300. The molecular weight excluding hydrogens is 344 g/mol. The van der Waals surface area contributed by atoms with E-state index in [4.69, 9.17) is 0 Å². The molecule has 0 radical (unpaired) electrons. The van der Waals surface area contributed by atoms with Crippen molar-refractivity contribution in [2.45, 2.75) is 26.7 Å². The fourth-order valence-electron chi connectivity index (χ4n) is 3.23. The lowest BCUT2D eigenvalue weighted by atomic mass is 10.0. The highest BCUT2D eigenvalue weighted by atomic mass is 16.6. The Morgan fingerprint density at radius 1 is 1.30 bits per heavy atom. The molecule has 3 rings (SSSR count). The van der Waals surface area contributed by atoms with E-state index in [0.717, 1.165) is 25.1 Å². The Hall–Kier alpha value is -3.22. The van der Waals surface area contributed by atoms with Gasteiger partial charge in [0.15, 0.2) is 0 Å². The van der Waals surface area contributed by atoms with Crippen LogP contribution in [0.4, 0.5) is 11.4 Å². The molecule has 1 aliphatic heterocycles. The molecule has 1 aliphatic rings. The maximum atomic E-state index is 12.3. The highest BCUT2D eigenvalue weighted by molar-refractivity contribution is 6.00. The number of anilines is 1. The van der Waals surface area contributed by atoms with Crippen LogP contribution >= 0.6 is 0 Å². The first-order valence-electron chi connectivity index (χ1n) is 8.87. The summed E-state index contributed by atoms with van der Waals surface area (Å²) in [6.45, 7) is 4.45. The van der Waals surface area contributed by atoms with Crippen molar-refractivity contribution in [2.24, 2.45) is 5.10 Å². The van der Waals surface area contributed by atoms with Crippen molar-refractivity contribution in [1.82, 2.24) is 5.43 Å². The maximum Gasteiger partial charge on any atom is 0.272 e. The number of carbonyl (C=O) groups excluding carboxylic acids is 1. The maximum absolute atomic E-state index is 12.3. The minimum absolute atomic E-state index is 0.0401. The number of hydrazone groups is 1. The molecule has 0 atom stereocenters. The second-order valence-electron chi connectivity index (χ2n) is 6.64. The minimum atomic E-state index is -0.418. The Bertz CT molecular complexity index is 908. The zero-order valence-electron chi connectivity index (χ0n) is 15.4. The predicted molar refractivity (Wildman–Crippen MR) is 105 cm³/mol. The Kier molecular flexibility index (Phi) is 5.49. The van der Waals surface area contributed by atoms with Gasteiger partial charge in [-0.05, 0) is 38.3 Å². The predicted octanol–water partition coefficient (Wildman–Crippen LogP) is 3.20. The SMILES string of the molecule is CC(=NNC(=O)CN1CCCc2ccccc21)c1ccc(C)c([N+](=O)[O-])c1. The summed E-state index contributed by atoms with van der Waals surface area (Å²) in [7, 11) is 0. The van der Waals surface area contributed by atoms with Gasteiger partial charge in [0, 0.05) is 29.4 Å². The Morgan fingerprint density at radius 2 is 2.07 bits per heavy atom. The quantitative estimate of drug-likeness (QED) is 0.500. The molecule has 0 unspecified atom stereocenters. The van der Waals surface area contributed by atoms with Gasteiger partial charge in [-0.3, -0.25) is 14.9 Å². The van der Waals surface area contributed by atoms with Crippen LogP contribution in [-0.2, 0) is 11.2 Å². The Labute approximate surface area is 157 Å². The van der Waals surface area contributed by atoms with E-state index < -0.39 is 4.92 Å². The lowest BCUT2D eigenvalue weighted by molar-refractivity contribution is -0.385. The van der Waals surface area contributed by atoms with E-state index in [0.29, 0.717) is 16.8 Å². The highest BCUT2D eigenvalue weighted by Gasteiger charge is 2.18. The molecule has 1 heterocycles. The van der Waals surface area contributed by atoms with E-state index in [1.807, 2.05) is 18.2 Å². The number of nitrogens with one attached hydrogen (secondary N) is 1. The van der Waals surface area contributed by atoms with Crippen molar-refractivity contribution in [3.63, 3.8) is 0 Å². The second kappa shape index (κ2) is 7.99. The molecule has 7 nitrogen and oxygen atoms in total. The lowest BCUT2D eigenvalue weighted by Gasteiger charge is -2.30. The minimum Gasteiger partial charge on any atom is -0.362 e. The van der Waals surface area contributed by atoms with Gasteiger partial charge in [0.25, 0.3) is 11.6 Å². The molecule has 0 aromatic heterocycles. The average Bonchev–Trinajstić information content (AvgIpc) is 2.66. The summed E-state index contributed by atoms with van der Waals surface area (Å²) in [5.74, 6) is -0.215. The van der Waals surface area contributed by atoms with Crippen molar-refractivity contribution < 1.29 is 9.72 Å². The number of carbonyl (C=O) groups is 1. The van der Waals surface area contributed by atoms with Crippen LogP contribution in [0.25, 0.3) is 0 Å². The molecule has 7 heteroatoms. The molecule has 1 amide bonds. The Morgan fingerprint density at radius 3 is 2.85 bits per heavy atom. The molecule has 27 heavy (non-hydrogen) atoms. The third kappa shape index (κ3) is 4.31. The molecule has 140 valence electrons. The number of hydrogen-bond acceptors (Lipinski definition) is 5. The third-order valence-electron chi connectivity index (χ3n) is 4.71. The Balaban J connectivity index is 1.67. The van der Waals surface area contributed by atoms with Crippen molar-refractivity contribution in [2.75, 3.05) is 18.0 Å². The number of para-hydroxylation sites is 1. The van der Waals surface area contributed by atoms with Gasteiger partial charge in [0.2, 0.25) is 0 Å². The van der Waals surface area contributed by atoms with Crippen molar-refractivity contribution >= 4 is 23.0 Å². The number of nitrogens with zero attached hydrogens (tertiary/aromatic N) is 3. The monoisotopic (exact) mass is 366 g/mol.